The lowest BCUT2D eigenvalue weighted by Crippen LogP contribution is -2.40. The highest BCUT2D eigenvalue weighted by molar-refractivity contribution is 7.92. The van der Waals surface area contributed by atoms with Crippen molar-refractivity contribution < 1.29 is 13.2 Å². The molecule has 0 radical (unpaired) electrons. The molecule has 2 heterocycles. The van der Waals surface area contributed by atoms with Gasteiger partial charge in [-0.15, -0.1) is 0 Å². The zero-order chi connectivity index (χ0) is 19.3. The fourth-order valence-electron chi connectivity index (χ4n) is 3.03. The standard InChI is InChI=1S/C20H23N3O3S/c1-16-6-5-9-19(21-16)22-20(24)18-10-13-23(14-11-18)27(25,26)15-12-17-7-3-2-4-8-17/h2-9,12,15,18H,10-11,13-14H2,1H3,(H,21,22,24)/b15-12+. The smallest absolute Gasteiger partial charge is 0.236 e. The van der Waals surface area contributed by atoms with Gasteiger partial charge in [0, 0.05) is 30.1 Å². The van der Waals surface area contributed by atoms with Gasteiger partial charge >= 0.3 is 0 Å². The number of amides is 1. The van der Waals surface area contributed by atoms with Crippen molar-refractivity contribution in [3.63, 3.8) is 0 Å². The van der Waals surface area contributed by atoms with E-state index in [0.717, 1.165) is 11.3 Å². The molecule has 0 atom stereocenters. The molecule has 0 saturated carbocycles. The summed E-state index contributed by atoms with van der Waals surface area (Å²) in [6.07, 6.45) is 2.59. The third kappa shape index (κ3) is 5.24. The molecule has 1 aromatic carbocycles. The van der Waals surface area contributed by atoms with Crippen molar-refractivity contribution in [3.05, 3.63) is 65.2 Å². The maximum Gasteiger partial charge on any atom is 0.236 e. The van der Waals surface area contributed by atoms with Crippen LogP contribution in [0.3, 0.4) is 0 Å². The van der Waals surface area contributed by atoms with E-state index in [1.165, 1.54) is 9.71 Å². The molecule has 1 fully saturated rings. The zero-order valence-electron chi connectivity index (χ0n) is 15.2. The average molecular weight is 385 g/mol. The summed E-state index contributed by atoms with van der Waals surface area (Å²) >= 11 is 0. The van der Waals surface area contributed by atoms with E-state index >= 15 is 0 Å². The first kappa shape index (κ1) is 19.3. The average Bonchev–Trinajstić information content (AvgIpc) is 2.67. The summed E-state index contributed by atoms with van der Waals surface area (Å²) in [4.78, 5) is 16.7. The van der Waals surface area contributed by atoms with Gasteiger partial charge in [0.1, 0.15) is 5.82 Å². The number of carbonyl (C=O) groups excluding carboxylic acids is 1. The Morgan fingerprint density at radius 3 is 2.48 bits per heavy atom. The summed E-state index contributed by atoms with van der Waals surface area (Å²) in [6.45, 7) is 2.53. The largest absolute Gasteiger partial charge is 0.310 e. The van der Waals surface area contributed by atoms with Crippen LogP contribution in [0.15, 0.2) is 53.9 Å². The summed E-state index contributed by atoms with van der Waals surface area (Å²) < 4.78 is 26.4. The molecule has 0 unspecified atom stereocenters. The second-order valence-electron chi connectivity index (χ2n) is 6.59. The van der Waals surface area contributed by atoms with Gasteiger partial charge in [0.2, 0.25) is 15.9 Å². The predicted octanol–water partition coefficient (Wildman–Crippen LogP) is 3.04. The van der Waals surface area contributed by atoms with Crippen molar-refractivity contribution in [2.45, 2.75) is 19.8 Å². The number of benzene rings is 1. The number of anilines is 1. The van der Waals surface area contributed by atoms with E-state index in [1.807, 2.05) is 49.4 Å². The Morgan fingerprint density at radius 2 is 1.81 bits per heavy atom. The number of hydrogen-bond donors (Lipinski definition) is 1. The van der Waals surface area contributed by atoms with Gasteiger partial charge in [0.15, 0.2) is 0 Å². The van der Waals surface area contributed by atoms with Gasteiger partial charge in [-0.05, 0) is 43.5 Å². The normalized spacial score (nSPS) is 16.5. The Morgan fingerprint density at radius 1 is 1.11 bits per heavy atom. The molecule has 2 aromatic rings. The number of pyridine rings is 1. The number of rotatable bonds is 5. The molecule has 1 aliphatic rings. The lowest BCUT2D eigenvalue weighted by molar-refractivity contribution is -0.120. The van der Waals surface area contributed by atoms with Crippen molar-refractivity contribution in [1.82, 2.24) is 9.29 Å². The molecule has 142 valence electrons. The number of aryl methyl sites for hydroxylation is 1. The van der Waals surface area contributed by atoms with Crippen molar-refractivity contribution >= 4 is 27.8 Å². The summed E-state index contributed by atoms with van der Waals surface area (Å²) in [5.74, 6) is 0.211. The fourth-order valence-corrected chi connectivity index (χ4v) is 4.25. The first-order valence-corrected chi connectivity index (χ1v) is 10.4. The van der Waals surface area contributed by atoms with Crippen LogP contribution in [0.25, 0.3) is 6.08 Å². The Hall–Kier alpha value is -2.51. The molecule has 0 bridgehead atoms. The van der Waals surface area contributed by atoms with Gasteiger partial charge < -0.3 is 5.32 Å². The maximum absolute atomic E-state index is 12.5. The minimum atomic E-state index is -3.49. The van der Waals surface area contributed by atoms with Crippen LogP contribution in [0.1, 0.15) is 24.1 Å². The Labute approximate surface area is 160 Å². The topological polar surface area (TPSA) is 79.4 Å². The highest BCUT2D eigenvalue weighted by Gasteiger charge is 2.30. The van der Waals surface area contributed by atoms with Gasteiger partial charge in [-0.1, -0.05) is 36.4 Å². The molecule has 1 aliphatic heterocycles. The van der Waals surface area contributed by atoms with E-state index in [-0.39, 0.29) is 11.8 Å². The number of aromatic nitrogens is 1. The molecule has 7 heteroatoms. The third-order valence-corrected chi connectivity index (χ3v) is 6.12. The van der Waals surface area contributed by atoms with Gasteiger partial charge in [0.25, 0.3) is 0 Å². The minimum Gasteiger partial charge on any atom is -0.310 e. The van der Waals surface area contributed by atoms with Crippen molar-refractivity contribution in [1.29, 1.82) is 0 Å². The van der Waals surface area contributed by atoms with Gasteiger partial charge in [-0.3, -0.25) is 4.79 Å². The number of sulfonamides is 1. The van der Waals surface area contributed by atoms with Crippen molar-refractivity contribution in [2.75, 3.05) is 18.4 Å². The SMILES string of the molecule is Cc1cccc(NC(=O)C2CCN(S(=O)(=O)/C=C/c3ccccc3)CC2)n1. The number of hydrogen-bond acceptors (Lipinski definition) is 4. The van der Waals surface area contributed by atoms with E-state index in [0.29, 0.717) is 31.7 Å². The molecule has 3 rings (SSSR count). The molecule has 1 saturated heterocycles. The minimum absolute atomic E-state index is 0.107. The van der Waals surface area contributed by atoms with E-state index in [1.54, 1.807) is 12.1 Å². The second-order valence-corrected chi connectivity index (χ2v) is 8.40. The summed E-state index contributed by atoms with van der Waals surface area (Å²) in [5, 5.41) is 4.06. The van der Waals surface area contributed by atoms with Gasteiger partial charge in [-0.25, -0.2) is 13.4 Å². The lowest BCUT2D eigenvalue weighted by atomic mass is 9.97. The van der Waals surface area contributed by atoms with Crippen LogP contribution in [-0.4, -0.2) is 36.7 Å². The zero-order valence-corrected chi connectivity index (χ0v) is 16.0. The summed E-state index contributed by atoms with van der Waals surface area (Å²) in [7, 11) is -3.49. The van der Waals surface area contributed by atoms with Crippen LogP contribution in [0.2, 0.25) is 0 Å². The predicted molar refractivity (Wildman–Crippen MR) is 106 cm³/mol. The first-order valence-electron chi connectivity index (χ1n) is 8.92. The quantitative estimate of drug-likeness (QED) is 0.858. The first-order chi connectivity index (χ1) is 12.9. The van der Waals surface area contributed by atoms with Crippen molar-refractivity contribution in [3.8, 4) is 0 Å². The molecular formula is C20H23N3O3S. The Kier molecular flexibility index (Phi) is 6.03. The monoisotopic (exact) mass is 385 g/mol. The van der Waals surface area contributed by atoms with Gasteiger partial charge in [-0.2, -0.15) is 4.31 Å². The number of carbonyl (C=O) groups is 1. The molecule has 0 spiro atoms. The molecule has 1 aromatic heterocycles. The maximum atomic E-state index is 12.5. The number of nitrogens with one attached hydrogen (secondary N) is 1. The Balaban J connectivity index is 1.56. The second kappa shape index (κ2) is 8.45. The Bertz CT molecular complexity index is 918. The van der Waals surface area contributed by atoms with Crippen LogP contribution in [-0.2, 0) is 14.8 Å². The van der Waals surface area contributed by atoms with Crippen LogP contribution in [0.4, 0.5) is 5.82 Å². The lowest BCUT2D eigenvalue weighted by Gasteiger charge is -2.29. The number of piperidine rings is 1. The van der Waals surface area contributed by atoms with Crippen molar-refractivity contribution in [2.24, 2.45) is 5.92 Å². The number of nitrogens with zero attached hydrogens (tertiary/aromatic N) is 2. The van der Waals surface area contributed by atoms with Crippen LogP contribution >= 0.6 is 0 Å². The van der Waals surface area contributed by atoms with E-state index < -0.39 is 10.0 Å². The molecular weight excluding hydrogens is 362 g/mol. The van der Waals surface area contributed by atoms with E-state index in [2.05, 4.69) is 10.3 Å². The van der Waals surface area contributed by atoms with Crippen LogP contribution in [0.5, 0.6) is 0 Å². The summed E-state index contributed by atoms with van der Waals surface area (Å²) in [5.41, 5.74) is 1.67. The van der Waals surface area contributed by atoms with E-state index in [9.17, 15) is 13.2 Å². The van der Waals surface area contributed by atoms with E-state index in [4.69, 9.17) is 0 Å². The van der Waals surface area contributed by atoms with Crippen LogP contribution in [0, 0.1) is 12.8 Å². The van der Waals surface area contributed by atoms with Crippen LogP contribution < -0.4 is 5.32 Å². The molecule has 6 nitrogen and oxygen atoms in total. The molecule has 0 aliphatic carbocycles. The fraction of sp³-hybridized carbons (Fsp3) is 0.300. The molecule has 1 N–H and O–H groups in total. The highest BCUT2D eigenvalue weighted by atomic mass is 32.2. The summed E-state index contributed by atoms with van der Waals surface area (Å²) in [6, 6.07) is 14.8. The molecule has 1 amide bonds. The molecule has 27 heavy (non-hydrogen) atoms. The third-order valence-electron chi connectivity index (χ3n) is 4.56. The van der Waals surface area contributed by atoms with Gasteiger partial charge in [0.05, 0.1) is 0 Å². The highest BCUT2D eigenvalue weighted by Crippen LogP contribution is 2.22.